The molecule has 1 heterocycles. The van der Waals surface area contributed by atoms with E-state index < -0.39 is 6.04 Å². The van der Waals surface area contributed by atoms with Gasteiger partial charge in [-0.1, -0.05) is 19.3 Å². The van der Waals surface area contributed by atoms with E-state index in [1.54, 1.807) is 4.68 Å². The van der Waals surface area contributed by atoms with Crippen LogP contribution in [0.15, 0.2) is 6.20 Å². The summed E-state index contributed by atoms with van der Waals surface area (Å²) >= 11 is 0. The van der Waals surface area contributed by atoms with E-state index in [2.05, 4.69) is 10.4 Å². The standard InChI is InChI=1S/C14H23N3O2/c1-10-12(9-17(2)16-10)13(14(18)19-3)15-11-7-5-4-6-8-11/h9,11,13,15H,4-8H2,1-3H3. The summed E-state index contributed by atoms with van der Waals surface area (Å²) in [6.07, 6.45) is 7.93. The van der Waals surface area contributed by atoms with Crippen LogP contribution in [0.3, 0.4) is 0 Å². The molecule has 5 heteroatoms. The van der Waals surface area contributed by atoms with Crippen molar-refractivity contribution < 1.29 is 9.53 Å². The Morgan fingerprint density at radius 2 is 2.16 bits per heavy atom. The fourth-order valence-electron chi connectivity index (χ4n) is 2.81. The number of nitrogens with one attached hydrogen (secondary N) is 1. The lowest BCUT2D eigenvalue weighted by Gasteiger charge is -2.27. The van der Waals surface area contributed by atoms with Gasteiger partial charge in [0.25, 0.3) is 0 Å². The first-order chi connectivity index (χ1) is 9.11. The molecule has 0 aromatic carbocycles. The molecular formula is C14H23N3O2. The van der Waals surface area contributed by atoms with E-state index in [9.17, 15) is 4.79 Å². The molecule has 1 aromatic rings. The molecule has 106 valence electrons. The highest BCUT2D eigenvalue weighted by Gasteiger charge is 2.28. The Morgan fingerprint density at radius 1 is 1.47 bits per heavy atom. The zero-order valence-electron chi connectivity index (χ0n) is 12.0. The average Bonchev–Trinajstić information content (AvgIpc) is 2.75. The lowest BCUT2D eigenvalue weighted by atomic mass is 9.94. The molecule has 1 fully saturated rings. The Balaban J connectivity index is 2.15. The Labute approximate surface area is 114 Å². The second-order valence-corrected chi connectivity index (χ2v) is 5.30. The summed E-state index contributed by atoms with van der Waals surface area (Å²) in [7, 11) is 3.30. The molecule has 1 N–H and O–H groups in total. The van der Waals surface area contributed by atoms with Crippen LogP contribution >= 0.6 is 0 Å². The summed E-state index contributed by atoms with van der Waals surface area (Å²) in [5.74, 6) is -0.235. The van der Waals surface area contributed by atoms with Gasteiger partial charge >= 0.3 is 5.97 Å². The number of ether oxygens (including phenoxy) is 1. The highest BCUT2D eigenvalue weighted by molar-refractivity contribution is 5.77. The molecule has 0 saturated heterocycles. The topological polar surface area (TPSA) is 56.1 Å². The maximum Gasteiger partial charge on any atom is 0.327 e. The van der Waals surface area contributed by atoms with Crippen LogP contribution < -0.4 is 5.32 Å². The summed E-state index contributed by atoms with van der Waals surface area (Å²) in [6, 6.07) is -0.000689. The van der Waals surface area contributed by atoms with Crippen molar-refractivity contribution in [3.63, 3.8) is 0 Å². The SMILES string of the molecule is COC(=O)C(NC1CCCCC1)c1cn(C)nc1C. The van der Waals surface area contributed by atoms with Crippen molar-refractivity contribution in [2.45, 2.75) is 51.1 Å². The minimum atomic E-state index is -0.401. The van der Waals surface area contributed by atoms with Crippen molar-refractivity contribution in [2.75, 3.05) is 7.11 Å². The van der Waals surface area contributed by atoms with Gasteiger partial charge in [-0.25, -0.2) is 4.79 Å². The van der Waals surface area contributed by atoms with E-state index in [4.69, 9.17) is 4.74 Å². The molecule has 19 heavy (non-hydrogen) atoms. The molecule has 1 aliphatic carbocycles. The van der Waals surface area contributed by atoms with Crippen molar-refractivity contribution >= 4 is 5.97 Å². The van der Waals surface area contributed by atoms with Crippen LogP contribution in [-0.2, 0) is 16.6 Å². The zero-order chi connectivity index (χ0) is 13.8. The number of aromatic nitrogens is 2. The van der Waals surface area contributed by atoms with Crippen molar-refractivity contribution in [3.8, 4) is 0 Å². The molecule has 2 rings (SSSR count). The minimum absolute atomic E-state index is 0.235. The third kappa shape index (κ3) is 3.35. The first-order valence-electron chi connectivity index (χ1n) is 6.96. The second kappa shape index (κ2) is 6.19. The largest absolute Gasteiger partial charge is 0.468 e. The van der Waals surface area contributed by atoms with Crippen LogP contribution in [-0.4, -0.2) is 28.9 Å². The summed E-state index contributed by atoms with van der Waals surface area (Å²) < 4.78 is 6.67. The Bertz CT molecular complexity index is 436. The minimum Gasteiger partial charge on any atom is -0.468 e. The Hall–Kier alpha value is -1.36. The van der Waals surface area contributed by atoms with Crippen LogP contribution in [0.1, 0.15) is 49.4 Å². The normalized spacial score (nSPS) is 18.3. The molecule has 0 aliphatic heterocycles. The molecule has 5 nitrogen and oxygen atoms in total. The van der Waals surface area contributed by atoms with E-state index in [1.807, 2.05) is 20.2 Å². The first-order valence-corrected chi connectivity index (χ1v) is 6.96. The van der Waals surface area contributed by atoms with Gasteiger partial charge in [-0.05, 0) is 19.8 Å². The maximum atomic E-state index is 12.0. The van der Waals surface area contributed by atoms with Crippen LogP contribution in [0.4, 0.5) is 0 Å². The number of hydrogen-bond acceptors (Lipinski definition) is 4. The number of methoxy groups -OCH3 is 1. The smallest absolute Gasteiger partial charge is 0.327 e. The first kappa shape index (κ1) is 14.1. The van der Waals surface area contributed by atoms with E-state index in [-0.39, 0.29) is 5.97 Å². The molecule has 1 unspecified atom stereocenters. The lowest BCUT2D eigenvalue weighted by molar-refractivity contribution is -0.143. The maximum absolute atomic E-state index is 12.0. The Kier molecular flexibility index (Phi) is 4.58. The van der Waals surface area contributed by atoms with Gasteiger partial charge in [-0.15, -0.1) is 0 Å². The molecule has 1 atom stereocenters. The monoisotopic (exact) mass is 265 g/mol. The predicted octanol–water partition coefficient (Wildman–Crippen LogP) is 1.86. The molecular weight excluding hydrogens is 242 g/mol. The number of carbonyl (C=O) groups excluding carboxylic acids is 1. The van der Waals surface area contributed by atoms with Crippen molar-refractivity contribution in [1.82, 2.24) is 15.1 Å². The van der Waals surface area contributed by atoms with E-state index in [0.29, 0.717) is 6.04 Å². The van der Waals surface area contributed by atoms with Gasteiger partial charge < -0.3 is 4.74 Å². The number of aryl methyl sites for hydroxylation is 2. The van der Waals surface area contributed by atoms with Crippen LogP contribution in [0.25, 0.3) is 0 Å². The van der Waals surface area contributed by atoms with E-state index in [0.717, 1.165) is 24.1 Å². The molecule has 1 saturated carbocycles. The number of rotatable bonds is 4. The van der Waals surface area contributed by atoms with Gasteiger partial charge in [0.2, 0.25) is 0 Å². The highest BCUT2D eigenvalue weighted by atomic mass is 16.5. The number of hydrogen-bond donors (Lipinski definition) is 1. The summed E-state index contributed by atoms with van der Waals surface area (Å²) in [5, 5.41) is 7.76. The van der Waals surface area contributed by atoms with Gasteiger partial charge in [0.1, 0.15) is 6.04 Å². The summed E-state index contributed by atoms with van der Waals surface area (Å²) in [4.78, 5) is 12.0. The molecule has 1 aliphatic rings. The molecule has 0 bridgehead atoms. The molecule has 0 radical (unpaired) electrons. The lowest BCUT2D eigenvalue weighted by Crippen LogP contribution is -2.38. The highest BCUT2D eigenvalue weighted by Crippen LogP contribution is 2.23. The third-order valence-corrected chi connectivity index (χ3v) is 3.81. The zero-order valence-corrected chi connectivity index (χ0v) is 12.0. The van der Waals surface area contributed by atoms with Gasteiger partial charge in [-0.3, -0.25) is 10.00 Å². The van der Waals surface area contributed by atoms with E-state index in [1.165, 1.54) is 26.4 Å². The summed E-state index contributed by atoms with van der Waals surface area (Å²) in [5.41, 5.74) is 1.79. The van der Waals surface area contributed by atoms with Crippen LogP contribution in [0.5, 0.6) is 0 Å². The predicted molar refractivity (Wildman–Crippen MR) is 72.7 cm³/mol. The van der Waals surface area contributed by atoms with Gasteiger partial charge in [0.15, 0.2) is 0 Å². The van der Waals surface area contributed by atoms with Crippen LogP contribution in [0, 0.1) is 6.92 Å². The molecule has 1 aromatic heterocycles. The van der Waals surface area contributed by atoms with E-state index >= 15 is 0 Å². The average molecular weight is 265 g/mol. The summed E-state index contributed by atoms with van der Waals surface area (Å²) in [6.45, 7) is 1.92. The number of esters is 1. The fourth-order valence-corrected chi connectivity index (χ4v) is 2.81. The van der Waals surface area contributed by atoms with Crippen LogP contribution in [0.2, 0.25) is 0 Å². The second-order valence-electron chi connectivity index (χ2n) is 5.30. The quantitative estimate of drug-likeness (QED) is 0.844. The Morgan fingerprint density at radius 3 is 2.68 bits per heavy atom. The number of nitrogens with zero attached hydrogens (tertiary/aromatic N) is 2. The van der Waals surface area contributed by atoms with Gasteiger partial charge in [0.05, 0.1) is 12.8 Å². The van der Waals surface area contributed by atoms with Gasteiger partial charge in [-0.2, -0.15) is 5.10 Å². The van der Waals surface area contributed by atoms with Crippen molar-refractivity contribution in [2.24, 2.45) is 7.05 Å². The number of carbonyl (C=O) groups is 1. The van der Waals surface area contributed by atoms with Crippen molar-refractivity contribution in [3.05, 3.63) is 17.5 Å². The van der Waals surface area contributed by atoms with Gasteiger partial charge in [0, 0.05) is 24.8 Å². The molecule has 0 spiro atoms. The third-order valence-electron chi connectivity index (χ3n) is 3.81. The molecule has 0 amide bonds. The fraction of sp³-hybridized carbons (Fsp3) is 0.714. The van der Waals surface area contributed by atoms with Crippen molar-refractivity contribution in [1.29, 1.82) is 0 Å².